The first-order chi connectivity index (χ1) is 13.1. The fourth-order valence-corrected chi connectivity index (χ4v) is 4.12. The Hall–Kier alpha value is -2.31. The van der Waals surface area contributed by atoms with E-state index in [2.05, 4.69) is 41.2 Å². The Morgan fingerprint density at radius 2 is 2.00 bits per heavy atom. The normalized spacial score (nSPS) is 14.4. The number of hydrogen-bond donors (Lipinski definition) is 0. The summed E-state index contributed by atoms with van der Waals surface area (Å²) in [5.41, 5.74) is 4.61. The smallest absolute Gasteiger partial charge is 0.131 e. The molecule has 0 saturated heterocycles. The number of nitrogens with zero attached hydrogens (tertiary/aromatic N) is 4. The topological polar surface area (TPSA) is 51.1 Å². The molecule has 0 saturated carbocycles. The summed E-state index contributed by atoms with van der Waals surface area (Å²) in [5, 5.41) is 3.27. The highest BCUT2D eigenvalue weighted by Crippen LogP contribution is 2.26. The van der Waals surface area contributed by atoms with Crippen LogP contribution in [-0.2, 0) is 19.5 Å². The molecule has 4 rings (SSSR count). The van der Waals surface area contributed by atoms with Crippen LogP contribution >= 0.6 is 11.3 Å². The number of benzene rings is 1. The minimum Gasteiger partial charge on any atom is -0.497 e. The monoisotopic (exact) mass is 380 g/mol. The van der Waals surface area contributed by atoms with Gasteiger partial charge in [-0.3, -0.25) is 4.90 Å². The van der Waals surface area contributed by atoms with Gasteiger partial charge in [-0.05, 0) is 24.3 Å². The molecule has 6 heteroatoms. The standard InChI is InChI=1S/C21H24N4OS/c1-14(2)21-22-10-16-11-25(9-8-18(16)24-21)12-20-23-19(13-27-20)15-4-6-17(26-3)7-5-15/h4-7,10,13-14H,8-9,11-12H2,1-3H3. The van der Waals surface area contributed by atoms with Crippen LogP contribution in [0.4, 0.5) is 0 Å². The molecule has 0 bridgehead atoms. The maximum Gasteiger partial charge on any atom is 0.131 e. The summed E-state index contributed by atoms with van der Waals surface area (Å²) in [5.74, 6) is 2.19. The van der Waals surface area contributed by atoms with Crippen LogP contribution in [0.25, 0.3) is 11.3 Å². The molecule has 0 N–H and O–H groups in total. The number of thiazole rings is 1. The van der Waals surface area contributed by atoms with Crippen molar-refractivity contribution in [1.82, 2.24) is 19.9 Å². The van der Waals surface area contributed by atoms with Gasteiger partial charge in [-0.2, -0.15) is 0 Å². The van der Waals surface area contributed by atoms with E-state index in [4.69, 9.17) is 14.7 Å². The van der Waals surface area contributed by atoms with Crippen molar-refractivity contribution in [3.63, 3.8) is 0 Å². The summed E-state index contributed by atoms with van der Waals surface area (Å²) < 4.78 is 5.23. The third kappa shape index (κ3) is 4.01. The Morgan fingerprint density at radius 3 is 2.74 bits per heavy atom. The molecule has 2 aromatic heterocycles. The second-order valence-electron chi connectivity index (χ2n) is 7.17. The van der Waals surface area contributed by atoms with Crippen molar-refractivity contribution in [1.29, 1.82) is 0 Å². The number of hydrogen-bond acceptors (Lipinski definition) is 6. The highest BCUT2D eigenvalue weighted by Gasteiger charge is 2.20. The van der Waals surface area contributed by atoms with Crippen LogP contribution in [0.5, 0.6) is 5.75 Å². The Bertz CT molecular complexity index is 920. The molecule has 0 radical (unpaired) electrons. The zero-order valence-corrected chi connectivity index (χ0v) is 16.8. The fraction of sp³-hybridized carbons (Fsp3) is 0.381. The van der Waals surface area contributed by atoms with E-state index in [-0.39, 0.29) is 0 Å². The van der Waals surface area contributed by atoms with Gasteiger partial charge < -0.3 is 4.74 Å². The summed E-state index contributed by atoms with van der Waals surface area (Å²) in [6.07, 6.45) is 2.99. The zero-order valence-electron chi connectivity index (χ0n) is 16.0. The van der Waals surface area contributed by atoms with E-state index in [1.165, 1.54) is 11.3 Å². The number of ether oxygens (including phenoxy) is 1. The molecule has 0 spiro atoms. The molecule has 27 heavy (non-hydrogen) atoms. The minimum atomic E-state index is 0.375. The van der Waals surface area contributed by atoms with Gasteiger partial charge in [0.05, 0.1) is 19.3 Å². The van der Waals surface area contributed by atoms with E-state index in [0.29, 0.717) is 5.92 Å². The summed E-state index contributed by atoms with van der Waals surface area (Å²) in [6.45, 7) is 7.05. The van der Waals surface area contributed by atoms with Gasteiger partial charge in [-0.25, -0.2) is 15.0 Å². The molecule has 0 aliphatic carbocycles. The van der Waals surface area contributed by atoms with Crippen molar-refractivity contribution in [2.45, 2.75) is 39.3 Å². The van der Waals surface area contributed by atoms with Crippen LogP contribution < -0.4 is 4.74 Å². The van der Waals surface area contributed by atoms with Crippen molar-refractivity contribution in [3.05, 3.63) is 57.9 Å². The van der Waals surface area contributed by atoms with E-state index in [1.807, 2.05) is 18.3 Å². The Morgan fingerprint density at radius 1 is 1.19 bits per heavy atom. The lowest BCUT2D eigenvalue weighted by molar-refractivity contribution is 0.242. The first kappa shape index (κ1) is 18.1. The van der Waals surface area contributed by atoms with Crippen molar-refractivity contribution in [3.8, 4) is 17.0 Å². The van der Waals surface area contributed by atoms with E-state index in [0.717, 1.165) is 53.9 Å². The molecular formula is C21H24N4OS. The summed E-state index contributed by atoms with van der Waals surface area (Å²) in [4.78, 5) is 16.5. The van der Waals surface area contributed by atoms with Crippen molar-refractivity contribution in [2.24, 2.45) is 0 Å². The maximum atomic E-state index is 5.23. The summed E-state index contributed by atoms with van der Waals surface area (Å²) in [7, 11) is 1.68. The average Bonchev–Trinajstić information content (AvgIpc) is 3.16. The predicted molar refractivity (Wildman–Crippen MR) is 108 cm³/mol. The predicted octanol–water partition coefficient (Wildman–Crippen LogP) is 4.29. The van der Waals surface area contributed by atoms with Crippen molar-refractivity contribution >= 4 is 11.3 Å². The summed E-state index contributed by atoms with van der Waals surface area (Å²) >= 11 is 1.72. The van der Waals surface area contributed by atoms with Crippen LogP contribution in [0.3, 0.4) is 0 Å². The number of methoxy groups -OCH3 is 1. The van der Waals surface area contributed by atoms with E-state index in [1.54, 1.807) is 18.4 Å². The number of rotatable bonds is 5. The SMILES string of the molecule is COc1ccc(-c2csc(CN3CCc4nc(C(C)C)ncc4C3)n2)cc1. The molecule has 0 atom stereocenters. The molecule has 0 unspecified atom stereocenters. The Labute approximate surface area is 164 Å². The van der Waals surface area contributed by atoms with Gasteiger partial charge >= 0.3 is 0 Å². The Balaban J connectivity index is 1.43. The molecule has 0 fully saturated rings. The van der Waals surface area contributed by atoms with Crippen LogP contribution in [0, 0.1) is 0 Å². The minimum absolute atomic E-state index is 0.375. The highest BCUT2D eigenvalue weighted by atomic mass is 32.1. The van der Waals surface area contributed by atoms with Gasteiger partial charge in [0, 0.05) is 53.8 Å². The second-order valence-corrected chi connectivity index (χ2v) is 8.11. The second kappa shape index (κ2) is 7.74. The van der Waals surface area contributed by atoms with Gasteiger partial charge in [0.2, 0.25) is 0 Å². The maximum absolute atomic E-state index is 5.23. The van der Waals surface area contributed by atoms with Gasteiger partial charge in [-0.1, -0.05) is 13.8 Å². The average molecular weight is 381 g/mol. The van der Waals surface area contributed by atoms with Crippen molar-refractivity contribution < 1.29 is 4.74 Å². The lowest BCUT2D eigenvalue weighted by atomic mass is 10.1. The molecule has 140 valence electrons. The quantitative estimate of drug-likeness (QED) is 0.661. The third-order valence-corrected chi connectivity index (χ3v) is 5.68. The molecular weight excluding hydrogens is 356 g/mol. The van der Waals surface area contributed by atoms with Crippen LogP contribution in [0.15, 0.2) is 35.8 Å². The van der Waals surface area contributed by atoms with Gasteiger partial charge in [-0.15, -0.1) is 11.3 Å². The van der Waals surface area contributed by atoms with Crippen molar-refractivity contribution in [2.75, 3.05) is 13.7 Å². The summed E-state index contributed by atoms with van der Waals surface area (Å²) in [6, 6.07) is 8.06. The zero-order chi connectivity index (χ0) is 18.8. The van der Waals surface area contributed by atoms with Crippen LogP contribution in [0.2, 0.25) is 0 Å². The third-order valence-electron chi connectivity index (χ3n) is 4.84. The molecule has 5 nitrogen and oxygen atoms in total. The van der Waals surface area contributed by atoms with Gasteiger partial charge in [0.25, 0.3) is 0 Å². The molecule has 0 amide bonds. The lowest BCUT2D eigenvalue weighted by Gasteiger charge is -2.27. The highest BCUT2D eigenvalue weighted by molar-refractivity contribution is 7.09. The van der Waals surface area contributed by atoms with E-state index < -0.39 is 0 Å². The molecule has 1 aromatic carbocycles. The lowest BCUT2D eigenvalue weighted by Crippen LogP contribution is -2.31. The van der Waals surface area contributed by atoms with Gasteiger partial charge in [0.1, 0.15) is 16.6 Å². The molecule has 1 aliphatic heterocycles. The molecule has 3 aromatic rings. The fourth-order valence-electron chi connectivity index (χ4n) is 3.27. The van der Waals surface area contributed by atoms with E-state index in [9.17, 15) is 0 Å². The van der Waals surface area contributed by atoms with Crippen LogP contribution in [0.1, 0.15) is 41.9 Å². The number of fused-ring (bicyclic) bond motifs is 1. The Kier molecular flexibility index (Phi) is 5.18. The first-order valence-electron chi connectivity index (χ1n) is 9.28. The molecule has 1 aliphatic rings. The largest absolute Gasteiger partial charge is 0.497 e. The van der Waals surface area contributed by atoms with Gasteiger partial charge in [0.15, 0.2) is 0 Å². The first-order valence-corrected chi connectivity index (χ1v) is 10.2. The van der Waals surface area contributed by atoms with E-state index >= 15 is 0 Å². The van der Waals surface area contributed by atoms with Crippen LogP contribution in [-0.4, -0.2) is 33.5 Å². The molecule has 3 heterocycles. The number of aromatic nitrogens is 3.